The third-order valence-corrected chi connectivity index (χ3v) is 5.58. The Kier molecular flexibility index (Phi) is 4.16. The summed E-state index contributed by atoms with van der Waals surface area (Å²) < 4.78 is 0. The van der Waals surface area contributed by atoms with E-state index in [-0.39, 0.29) is 0 Å². The van der Waals surface area contributed by atoms with Crippen molar-refractivity contribution in [3.05, 3.63) is 22.9 Å². The third kappa shape index (κ3) is 2.91. The summed E-state index contributed by atoms with van der Waals surface area (Å²) in [6.45, 7) is 3.28. The second-order valence-electron chi connectivity index (χ2n) is 6.62. The van der Waals surface area contributed by atoms with Crippen molar-refractivity contribution in [2.45, 2.75) is 58.3 Å². The fourth-order valence-corrected chi connectivity index (χ4v) is 3.72. The number of aromatic nitrogens is 1. The molecule has 1 aromatic rings. The van der Waals surface area contributed by atoms with Crippen molar-refractivity contribution in [2.75, 3.05) is 11.9 Å². The quantitative estimate of drug-likeness (QED) is 0.816. The van der Waals surface area contributed by atoms with E-state index in [1.807, 2.05) is 0 Å². The molecule has 1 heterocycles. The first-order valence-electron chi connectivity index (χ1n) is 8.20. The SMILES string of the molecule is CCC1(CNc2nc3c(cc2C(N)=S)CCCC3)CCC1. The molecule has 1 aromatic heterocycles. The Hall–Kier alpha value is -1.16. The maximum absolute atomic E-state index is 5.92. The van der Waals surface area contributed by atoms with E-state index in [0.717, 1.165) is 30.8 Å². The van der Waals surface area contributed by atoms with Crippen LogP contribution in [0.25, 0.3) is 0 Å². The summed E-state index contributed by atoms with van der Waals surface area (Å²) in [6, 6.07) is 2.17. The van der Waals surface area contributed by atoms with Gasteiger partial charge in [-0.1, -0.05) is 25.6 Å². The first kappa shape index (κ1) is 14.8. The van der Waals surface area contributed by atoms with Gasteiger partial charge in [-0.05, 0) is 62.0 Å². The number of nitrogens with one attached hydrogen (secondary N) is 1. The second kappa shape index (κ2) is 5.91. The number of hydrogen-bond acceptors (Lipinski definition) is 3. The van der Waals surface area contributed by atoms with Gasteiger partial charge in [0, 0.05) is 12.2 Å². The van der Waals surface area contributed by atoms with Gasteiger partial charge in [-0.15, -0.1) is 0 Å². The highest BCUT2D eigenvalue weighted by Gasteiger charge is 2.35. The summed E-state index contributed by atoms with van der Waals surface area (Å²) in [6.07, 6.45) is 9.91. The van der Waals surface area contributed by atoms with Gasteiger partial charge in [0.1, 0.15) is 10.8 Å². The van der Waals surface area contributed by atoms with Gasteiger partial charge in [-0.2, -0.15) is 0 Å². The normalized spacial score (nSPS) is 19.5. The van der Waals surface area contributed by atoms with Crippen LogP contribution in [0.15, 0.2) is 6.07 Å². The highest BCUT2D eigenvalue weighted by molar-refractivity contribution is 7.80. The average molecular weight is 303 g/mol. The summed E-state index contributed by atoms with van der Waals surface area (Å²) >= 11 is 5.23. The first-order chi connectivity index (χ1) is 10.1. The molecule has 2 aliphatic rings. The van der Waals surface area contributed by atoms with E-state index in [9.17, 15) is 0 Å². The predicted molar refractivity (Wildman–Crippen MR) is 91.8 cm³/mol. The zero-order chi connectivity index (χ0) is 14.9. The lowest BCUT2D eigenvalue weighted by molar-refractivity contribution is 0.145. The predicted octanol–water partition coefficient (Wildman–Crippen LogP) is 3.59. The van der Waals surface area contributed by atoms with Crippen LogP contribution in [-0.4, -0.2) is 16.5 Å². The molecule has 21 heavy (non-hydrogen) atoms. The molecule has 0 aromatic carbocycles. The van der Waals surface area contributed by atoms with Crippen LogP contribution in [0.4, 0.5) is 5.82 Å². The number of pyridine rings is 1. The fraction of sp³-hybridized carbons (Fsp3) is 0.647. The number of fused-ring (bicyclic) bond motifs is 1. The lowest BCUT2D eigenvalue weighted by Crippen LogP contribution is -2.36. The third-order valence-electron chi connectivity index (χ3n) is 5.36. The molecule has 0 radical (unpaired) electrons. The smallest absolute Gasteiger partial charge is 0.136 e. The molecule has 3 rings (SSSR count). The Labute approximate surface area is 132 Å². The Balaban J connectivity index is 1.84. The number of hydrogen-bond donors (Lipinski definition) is 2. The Morgan fingerprint density at radius 2 is 2.10 bits per heavy atom. The van der Waals surface area contributed by atoms with Gasteiger partial charge in [0.05, 0.1) is 5.56 Å². The van der Waals surface area contributed by atoms with Crippen molar-refractivity contribution in [1.29, 1.82) is 0 Å². The zero-order valence-electron chi connectivity index (χ0n) is 12.9. The van der Waals surface area contributed by atoms with Gasteiger partial charge >= 0.3 is 0 Å². The molecule has 0 aliphatic heterocycles. The number of rotatable bonds is 5. The van der Waals surface area contributed by atoms with E-state index >= 15 is 0 Å². The topological polar surface area (TPSA) is 50.9 Å². The van der Waals surface area contributed by atoms with E-state index in [1.54, 1.807) is 0 Å². The average Bonchev–Trinajstić information content (AvgIpc) is 2.45. The van der Waals surface area contributed by atoms with Gasteiger partial charge < -0.3 is 11.1 Å². The van der Waals surface area contributed by atoms with Crippen LogP contribution in [0.3, 0.4) is 0 Å². The highest BCUT2D eigenvalue weighted by Crippen LogP contribution is 2.43. The highest BCUT2D eigenvalue weighted by atomic mass is 32.1. The molecule has 114 valence electrons. The minimum Gasteiger partial charge on any atom is -0.389 e. The van der Waals surface area contributed by atoms with E-state index in [2.05, 4.69) is 18.3 Å². The summed E-state index contributed by atoms with van der Waals surface area (Å²) in [7, 11) is 0. The van der Waals surface area contributed by atoms with Crippen LogP contribution in [0.2, 0.25) is 0 Å². The van der Waals surface area contributed by atoms with Crippen LogP contribution in [0.1, 0.15) is 62.3 Å². The van der Waals surface area contributed by atoms with Crippen molar-refractivity contribution in [3.63, 3.8) is 0 Å². The van der Waals surface area contributed by atoms with E-state index in [0.29, 0.717) is 10.4 Å². The van der Waals surface area contributed by atoms with E-state index in [4.69, 9.17) is 22.9 Å². The number of anilines is 1. The molecule has 0 unspecified atom stereocenters. The molecular formula is C17H25N3S. The largest absolute Gasteiger partial charge is 0.389 e. The van der Waals surface area contributed by atoms with E-state index < -0.39 is 0 Å². The standard InChI is InChI=1S/C17H25N3S/c1-2-17(8-5-9-17)11-19-16-13(15(18)21)10-12-6-3-4-7-14(12)20-16/h10H,2-9,11H2,1H3,(H2,18,21)(H,19,20). The van der Waals surface area contributed by atoms with Crippen LogP contribution < -0.4 is 11.1 Å². The van der Waals surface area contributed by atoms with Crippen LogP contribution in [0, 0.1) is 5.41 Å². The Morgan fingerprint density at radius 1 is 1.33 bits per heavy atom. The van der Waals surface area contributed by atoms with Gasteiger partial charge in [0.25, 0.3) is 0 Å². The van der Waals surface area contributed by atoms with Gasteiger partial charge in [-0.25, -0.2) is 4.98 Å². The molecule has 2 aliphatic carbocycles. The fourth-order valence-electron chi connectivity index (χ4n) is 3.56. The summed E-state index contributed by atoms with van der Waals surface area (Å²) in [5.74, 6) is 0.905. The number of nitrogens with two attached hydrogens (primary N) is 1. The molecule has 3 N–H and O–H groups in total. The first-order valence-corrected chi connectivity index (χ1v) is 8.61. The van der Waals surface area contributed by atoms with Crippen LogP contribution in [0.5, 0.6) is 0 Å². The summed E-state index contributed by atoms with van der Waals surface area (Å²) in [5.41, 5.74) is 9.88. The molecule has 1 fully saturated rings. The minimum atomic E-state index is 0.456. The molecule has 0 amide bonds. The Morgan fingerprint density at radius 3 is 2.71 bits per heavy atom. The van der Waals surface area contributed by atoms with Crippen molar-refractivity contribution in [3.8, 4) is 0 Å². The molecule has 0 bridgehead atoms. The maximum atomic E-state index is 5.92. The lowest BCUT2D eigenvalue weighted by Gasteiger charge is -2.41. The molecule has 0 spiro atoms. The molecule has 4 heteroatoms. The van der Waals surface area contributed by atoms with Crippen molar-refractivity contribution >= 4 is 23.0 Å². The number of thiocarbonyl (C=S) groups is 1. The van der Waals surface area contributed by atoms with Crippen molar-refractivity contribution in [2.24, 2.45) is 11.1 Å². The molecule has 1 saturated carbocycles. The van der Waals surface area contributed by atoms with Gasteiger partial charge in [0.15, 0.2) is 0 Å². The van der Waals surface area contributed by atoms with Gasteiger partial charge in [0.2, 0.25) is 0 Å². The second-order valence-corrected chi connectivity index (χ2v) is 7.06. The van der Waals surface area contributed by atoms with Gasteiger partial charge in [-0.3, -0.25) is 0 Å². The molecular weight excluding hydrogens is 278 g/mol. The Bertz CT molecular complexity index is 544. The minimum absolute atomic E-state index is 0.456. The molecule has 0 saturated heterocycles. The van der Waals surface area contributed by atoms with Crippen LogP contribution >= 0.6 is 12.2 Å². The zero-order valence-corrected chi connectivity index (χ0v) is 13.7. The van der Waals surface area contributed by atoms with Crippen molar-refractivity contribution < 1.29 is 0 Å². The lowest BCUT2D eigenvalue weighted by atomic mass is 9.67. The van der Waals surface area contributed by atoms with Crippen molar-refractivity contribution in [1.82, 2.24) is 4.98 Å². The summed E-state index contributed by atoms with van der Waals surface area (Å²) in [4.78, 5) is 5.31. The maximum Gasteiger partial charge on any atom is 0.136 e. The van der Waals surface area contributed by atoms with Crippen LogP contribution in [-0.2, 0) is 12.8 Å². The number of aryl methyl sites for hydroxylation is 2. The number of nitrogens with zero attached hydrogens (tertiary/aromatic N) is 1. The molecule has 3 nitrogen and oxygen atoms in total. The summed E-state index contributed by atoms with van der Waals surface area (Å²) in [5, 5.41) is 3.56. The van der Waals surface area contributed by atoms with E-state index in [1.165, 1.54) is 49.8 Å². The monoisotopic (exact) mass is 303 g/mol. The molecule has 0 atom stereocenters.